The van der Waals surface area contributed by atoms with Gasteiger partial charge in [-0.25, -0.2) is 0 Å². The summed E-state index contributed by atoms with van der Waals surface area (Å²) in [6, 6.07) is 22.3. The van der Waals surface area contributed by atoms with Gasteiger partial charge in [-0.3, -0.25) is 0 Å². The molecular formula is C22H30OSi2. The van der Waals surface area contributed by atoms with Gasteiger partial charge in [0.15, 0.2) is 0 Å². The average molecular weight is 367 g/mol. The molecule has 3 rings (SSSR count). The van der Waals surface area contributed by atoms with Gasteiger partial charge < -0.3 is 4.43 Å². The van der Waals surface area contributed by atoms with Gasteiger partial charge in [0.05, 0.1) is 5.76 Å². The van der Waals surface area contributed by atoms with Crippen LogP contribution in [0, 0.1) is 0 Å². The molecule has 0 saturated heterocycles. The lowest BCUT2D eigenvalue weighted by Crippen LogP contribution is -2.59. The van der Waals surface area contributed by atoms with Crippen molar-refractivity contribution in [1.29, 1.82) is 0 Å². The molecule has 0 radical (unpaired) electrons. The van der Waals surface area contributed by atoms with Gasteiger partial charge in [0.25, 0.3) is 0 Å². The summed E-state index contributed by atoms with van der Waals surface area (Å²) < 4.78 is 6.40. The Kier molecular flexibility index (Phi) is 5.35. The summed E-state index contributed by atoms with van der Waals surface area (Å²) in [4.78, 5) is 0. The van der Waals surface area contributed by atoms with Gasteiger partial charge in [-0.15, -0.1) is 0 Å². The summed E-state index contributed by atoms with van der Waals surface area (Å²) >= 11 is 0. The molecule has 1 nitrogen and oxygen atoms in total. The molecule has 0 heterocycles. The van der Waals surface area contributed by atoms with Crippen LogP contribution < -0.4 is 10.4 Å². The highest BCUT2D eigenvalue weighted by atomic mass is 28.4. The van der Waals surface area contributed by atoms with Gasteiger partial charge in [0, 0.05) is 6.42 Å². The highest BCUT2D eigenvalue weighted by molar-refractivity contribution is 7.02. The van der Waals surface area contributed by atoms with Gasteiger partial charge >= 0.3 is 0 Å². The summed E-state index contributed by atoms with van der Waals surface area (Å²) in [6.45, 7) is 9.38. The molecular weight excluding hydrogens is 336 g/mol. The van der Waals surface area contributed by atoms with E-state index in [4.69, 9.17) is 4.43 Å². The molecule has 0 amide bonds. The second-order valence-electron chi connectivity index (χ2n) is 8.28. The third-order valence-corrected chi connectivity index (χ3v) is 11.1. The van der Waals surface area contributed by atoms with E-state index in [0.717, 1.165) is 6.42 Å². The van der Waals surface area contributed by atoms with Crippen molar-refractivity contribution in [3.8, 4) is 0 Å². The van der Waals surface area contributed by atoms with Crippen molar-refractivity contribution in [3.05, 3.63) is 72.5 Å². The number of rotatable bonds is 5. The van der Waals surface area contributed by atoms with Crippen LogP contribution in [0.25, 0.3) is 0 Å². The minimum absolute atomic E-state index is 0.595. The van der Waals surface area contributed by atoms with Crippen LogP contribution >= 0.6 is 0 Å². The molecule has 0 N–H and O–H groups in total. The van der Waals surface area contributed by atoms with Crippen molar-refractivity contribution in [2.75, 3.05) is 0 Å². The molecule has 1 unspecified atom stereocenters. The summed E-state index contributed by atoms with van der Waals surface area (Å²) in [5.74, 6) is 1.25. The monoisotopic (exact) mass is 366 g/mol. The van der Waals surface area contributed by atoms with Crippen molar-refractivity contribution in [2.24, 2.45) is 0 Å². The molecule has 1 atom stereocenters. The van der Waals surface area contributed by atoms with E-state index in [1.165, 1.54) is 29.0 Å². The normalized spacial score (nSPS) is 18.6. The van der Waals surface area contributed by atoms with Crippen molar-refractivity contribution < 1.29 is 4.43 Å². The summed E-state index contributed by atoms with van der Waals surface area (Å²) in [5.41, 5.74) is 0.595. The largest absolute Gasteiger partial charge is 0.548 e. The predicted molar refractivity (Wildman–Crippen MR) is 114 cm³/mol. The standard InChI is InChI=1S/C22H30OSi2/c1-24(2,3)23-19-12-11-17-22(18-19)25(4,20-13-7-5-8-14-20)21-15-9-6-10-16-21/h5-10,13-16,18,22H,11-12,17H2,1-4H3. The van der Waals surface area contributed by atoms with Gasteiger partial charge in [-0.1, -0.05) is 77.6 Å². The van der Waals surface area contributed by atoms with Crippen molar-refractivity contribution in [2.45, 2.75) is 51.0 Å². The Balaban J connectivity index is 2.05. The molecule has 0 spiro atoms. The lowest BCUT2D eigenvalue weighted by molar-refractivity contribution is 0.379. The quantitative estimate of drug-likeness (QED) is 0.663. The van der Waals surface area contributed by atoms with Crippen molar-refractivity contribution >= 4 is 26.8 Å². The van der Waals surface area contributed by atoms with E-state index in [9.17, 15) is 0 Å². The zero-order valence-corrected chi connectivity index (χ0v) is 18.0. The predicted octanol–water partition coefficient (Wildman–Crippen LogP) is 5.17. The first-order valence-corrected chi connectivity index (χ1v) is 15.4. The van der Waals surface area contributed by atoms with Crippen LogP contribution in [0.4, 0.5) is 0 Å². The van der Waals surface area contributed by atoms with Gasteiger partial charge in [-0.05, 0) is 44.1 Å². The Morgan fingerprint density at radius 2 is 1.32 bits per heavy atom. The van der Waals surface area contributed by atoms with Crippen LogP contribution in [0.3, 0.4) is 0 Å². The smallest absolute Gasteiger partial charge is 0.241 e. The molecule has 0 bridgehead atoms. The van der Waals surface area contributed by atoms with Crippen LogP contribution in [0.5, 0.6) is 0 Å². The molecule has 0 fully saturated rings. The SMILES string of the molecule is C[Si](C)(C)OC1=CC([Si](C)(c2ccccc2)c2ccccc2)CCC1. The van der Waals surface area contributed by atoms with Gasteiger partial charge in [0.1, 0.15) is 8.07 Å². The minimum atomic E-state index is -1.86. The Labute approximate surface area is 154 Å². The van der Waals surface area contributed by atoms with E-state index in [0.29, 0.717) is 5.54 Å². The van der Waals surface area contributed by atoms with Crippen LogP contribution in [0.15, 0.2) is 72.5 Å². The van der Waals surface area contributed by atoms with E-state index < -0.39 is 16.4 Å². The fourth-order valence-corrected chi connectivity index (χ4v) is 9.20. The maximum atomic E-state index is 6.40. The number of hydrogen-bond donors (Lipinski definition) is 0. The topological polar surface area (TPSA) is 9.23 Å². The molecule has 1 aliphatic rings. The molecule has 0 aromatic heterocycles. The lowest BCUT2D eigenvalue weighted by Gasteiger charge is -2.38. The summed E-state index contributed by atoms with van der Waals surface area (Å²) in [5, 5.41) is 3.05. The Morgan fingerprint density at radius 1 is 0.800 bits per heavy atom. The van der Waals surface area contributed by atoms with E-state index in [1.807, 2.05) is 0 Å². The molecule has 0 aliphatic heterocycles. The highest BCUT2D eigenvalue weighted by Crippen LogP contribution is 2.36. The fourth-order valence-electron chi connectivity index (χ4n) is 3.98. The molecule has 3 heteroatoms. The molecule has 0 saturated carbocycles. The molecule has 1 aliphatic carbocycles. The third-order valence-electron chi connectivity index (χ3n) is 5.25. The Hall–Kier alpha value is -1.59. The third kappa shape index (κ3) is 4.15. The second kappa shape index (κ2) is 7.34. The first-order valence-electron chi connectivity index (χ1n) is 9.40. The maximum Gasteiger partial charge on any atom is 0.241 e. The number of benzene rings is 2. The highest BCUT2D eigenvalue weighted by Gasteiger charge is 2.40. The summed E-state index contributed by atoms with van der Waals surface area (Å²) in [7, 11) is -3.40. The van der Waals surface area contributed by atoms with E-state index in [-0.39, 0.29) is 0 Å². The van der Waals surface area contributed by atoms with Gasteiger partial charge in [0.2, 0.25) is 8.32 Å². The van der Waals surface area contributed by atoms with Crippen LogP contribution in [0.2, 0.25) is 31.7 Å². The van der Waals surface area contributed by atoms with Crippen LogP contribution in [-0.2, 0) is 4.43 Å². The molecule has 2 aromatic rings. The number of hydrogen-bond acceptors (Lipinski definition) is 1. The first-order chi connectivity index (χ1) is 11.9. The Bertz CT molecular complexity index is 677. The fraction of sp³-hybridized carbons (Fsp3) is 0.364. The first kappa shape index (κ1) is 18.2. The van der Waals surface area contributed by atoms with E-state index >= 15 is 0 Å². The van der Waals surface area contributed by atoms with Crippen molar-refractivity contribution in [1.82, 2.24) is 0 Å². The van der Waals surface area contributed by atoms with Crippen LogP contribution in [-0.4, -0.2) is 16.4 Å². The zero-order valence-electron chi connectivity index (χ0n) is 16.0. The zero-order chi connectivity index (χ0) is 17.9. The van der Waals surface area contributed by atoms with Gasteiger partial charge in [-0.2, -0.15) is 0 Å². The maximum absolute atomic E-state index is 6.40. The lowest BCUT2D eigenvalue weighted by atomic mass is 10.1. The molecule has 132 valence electrons. The number of allylic oxidation sites excluding steroid dienone is 2. The minimum Gasteiger partial charge on any atom is -0.548 e. The second-order valence-corrected chi connectivity index (χ2v) is 17.0. The van der Waals surface area contributed by atoms with Crippen molar-refractivity contribution in [3.63, 3.8) is 0 Å². The average Bonchev–Trinajstić information content (AvgIpc) is 2.61. The van der Waals surface area contributed by atoms with E-state index in [2.05, 4.69) is 92.9 Å². The molecule has 25 heavy (non-hydrogen) atoms. The molecule has 2 aromatic carbocycles. The van der Waals surface area contributed by atoms with E-state index in [1.54, 1.807) is 0 Å². The van der Waals surface area contributed by atoms with Crippen LogP contribution in [0.1, 0.15) is 19.3 Å². The Morgan fingerprint density at radius 3 is 1.80 bits per heavy atom. The summed E-state index contributed by atoms with van der Waals surface area (Å²) in [6.07, 6.45) is 6.11.